The zero-order chi connectivity index (χ0) is 12.1. The molecule has 2 saturated heterocycles. The number of hydrogen-bond acceptors (Lipinski definition) is 2. The summed E-state index contributed by atoms with van der Waals surface area (Å²) >= 11 is 0. The Hall–Kier alpha value is -0.0800. The molecule has 2 aliphatic rings. The van der Waals surface area contributed by atoms with Crippen molar-refractivity contribution in [3.63, 3.8) is 0 Å². The van der Waals surface area contributed by atoms with Crippen molar-refractivity contribution in [1.82, 2.24) is 9.80 Å². The van der Waals surface area contributed by atoms with Crippen molar-refractivity contribution >= 4 is 0 Å². The summed E-state index contributed by atoms with van der Waals surface area (Å²) < 4.78 is 0. The van der Waals surface area contributed by atoms with Gasteiger partial charge in [-0.05, 0) is 65.7 Å². The van der Waals surface area contributed by atoms with Gasteiger partial charge in [0.15, 0.2) is 0 Å². The third-order valence-corrected chi connectivity index (χ3v) is 4.64. The molecule has 0 aromatic rings. The monoisotopic (exact) mass is 238 g/mol. The summed E-state index contributed by atoms with van der Waals surface area (Å²) in [7, 11) is 0. The van der Waals surface area contributed by atoms with Crippen LogP contribution >= 0.6 is 0 Å². The fourth-order valence-electron chi connectivity index (χ4n) is 3.40. The molecule has 0 aliphatic carbocycles. The van der Waals surface area contributed by atoms with E-state index in [9.17, 15) is 0 Å². The van der Waals surface area contributed by atoms with E-state index in [0.717, 1.165) is 12.1 Å². The van der Waals surface area contributed by atoms with Gasteiger partial charge >= 0.3 is 0 Å². The molecule has 2 aliphatic heterocycles. The van der Waals surface area contributed by atoms with Crippen LogP contribution in [0.4, 0.5) is 0 Å². The topological polar surface area (TPSA) is 6.48 Å². The van der Waals surface area contributed by atoms with Crippen LogP contribution in [0.5, 0.6) is 0 Å². The number of rotatable bonds is 2. The Morgan fingerprint density at radius 3 is 1.82 bits per heavy atom. The SMILES string of the molecule is CC(C)N1CCC(N2CCCCCCC2)CC1. The van der Waals surface area contributed by atoms with Crippen molar-refractivity contribution in [2.75, 3.05) is 26.2 Å². The van der Waals surface area contributed by atoms with E-state index in [1.165, 1.54) is 71.1 Å². The van der Waals surface area contributed by atoms with Gasteiger partial charge in [-0.2, -0.15) is 0 Å². The lowest BCUT2D eigenvalue weighted by Gasteiger charge is -2.40. The quantitative estimate of drug-likeness (QED) is 0.729. The minimum absolute atomic E-state index is 0.739. The maximum absolute atomic E-state index is 2.80. The van der Waals surface area contributed by atoms with Crippen LogP contribution in [0, 0.1) is 0 Å². The Kier molecular flexibility index (Phi) is 5.30. The molecule has 0 N–H and O–H groups in total. The van der Waals surface area contributed by atoms with Crippen LogP contribution in [-0.2, 0) is 0 Å². The predicted octanol–water partition coefficient (Wildman–Crippen LogP) is 3.13. The number of likely N-dealkylation sites (tertiary alicyclic amines) is 2. The molecule has 0 unspecified atom stereocenters. The molecule has 2 fully saturated rings. The maximum Gasteiger partial charge on any atom is 0.0120 e. The van der Waals surface area contributed by atoms with Gasteiger partial charge in [-0.25, -0.2) is 0 Å². The van der Waals surface area contributed by atoms with Crippen LogP contribution in [-0.4, -0.2) is 48.1 Å². The van der Waals surface area contributed by atoms with Crippen molar-refractivity contribution < 1.29 is 0 Å². The van der Waals surface area contributed by atoms with Gasteiger partial charge < -0.3 is 9.80 Å². The lowest BCUT2D eigenvalue weighted by atomic mass is 9.99. The fraction of sp³-hybridized carbons (Fsp3) is 1.00. The van der Waals surface area contributed by atoms with Crippen LogP contribution in [0.1, 0.15) is 58.8 Å². The van der Waals surface area contributed by atoms with Gasteiger partial charge in [0.1, 0.15) is 0 Å². The molecule has 2 rings (SSSR count). The molecule has 2 heterocycles. The van der Waals surface area contributed by atoms with Crippen LogP contribution in [0.25, 0.3) is 0 Å². The summed E-state index contributed by atoms with van der Waals surface area (Å²) in [6.07, 6.45) is 10.1. The van der Waals surface area contributed by atoms with Crippen molar-refractivity contribution in [1.29, 1.82) is 0 Å². The molecule has 100 valence electrons. The lowest BCUT2D eigenvalue weighted by Crippen LogP contribution is -2.47. The molecule has 2 heteroatoms. The van der Waals surface area contributed by atoms with Crippen molar-refractivity contribution in [3.8, 4) is 0 Å². The summed E-state index contributed by atoms with van der Waals surface area (Å²) in [5.74, 6) is 0. The first-order valence-electron chi connectivity index (χ1n) is 7.75. The minimum Gasteiger partial charge on any atom is -0.301 e. The van der Waals surface area contributed by atoms with Gasteiger partial charge in [0.05, 0.1) is 0 Å². The number of hydrogen-bond donors (Lipinski definition) is 0. The summed E-state index contributed by atoms with van der Waals surface area (Å²) in [5.41, 5.74) is 0. The molecule has 0 atom stereocenters. The van der Waals surface area contributed by atoms with Gasteiger partial charge in [0.25, 0.3) is 0 Å². The van der Waals surface area contributed by atoms with Crippen LogP contribution in [0.3, 0.4) is 0 Å². The van der Waals surface area contributed by atoms with Crippen LogP contribution < -0.4 is 0 Å². The standard InChI is InChI=1S/C15H30N2/c1-14(2)16-12-8-15(9-13-16)17-10-6-4-3-5-7-11-17/h14-15H,3-13H2,1-2H3. The second-order valence-corrected chi connectivity index (χ2v) is 6.16. The largest absolute Gasteiger partial charge is 0.301 e. The highest BCUT2D eigenvalue weighted by molar-refractivity contribution is 4.81. The average Bonchev–Trinajstić information content (AvgIpc) is 2.29. The third kappa shape index (κ3) is 3.96. The van der Waals surface area contributed by atoms with E-state index in [2.05, 4.69) is 23.6 Å². The molecule has 17 heavy (non-hydrogen) atoms. The smallest absolute Gasteiger partial charge is 0.0120 e. The van der Waals surface area contributed by atoms with E-state index < -0.39 is 0 Å². The fourth-order valence-corrected chi connectivity index (χ4v) is 3.40. The Bertz CT molecular complexity index is 199. The highest BCUT2D eigenvalue weighted by Crippen LogP contribution is 2.21. The maximum atomic E-state index is 2.80. The van der Waals surface area contributed by atoms with Crippen molar-refractivity contribution in [2.45, 2.75) is 70.9 Å². The normalized spacial score (nSPS) is 27.0. The van der Waals surface area contributed by atoms with Crippen LogP contribution in [0.2, 0.25) is 0 Å². The first kappa shape index (κ1) is 13.4. The van der Waals surface area contributed by atoms with Crippen molar-refractivity contribution in [3.05, 3.63) is 0 Å². The summed E-state index contributed by atoms with van der Waals surface area (Å²) in [6.45, 7) is 10.0. The van der Waals surface area contributed by atoms with E-state index in [1.807, 2.05) is 0 Å². The first-order valence-corrected chi connectivity index (χ1v) is 7.75. The van der Waals surface area contributed by atoms with Gasteiger partial charge in [0, 0.05) is 12.1 Å². The Morgan fingerprint density at radius 1 is 0.765 bits per heavy atom. The predicted molar refractivity (Wildman–Crippen MR) is 74.4 cm³/mol. The molecule has 0 amide bonds. The molecular weight excluding hydrogens is 208 g/mol. The third-order valence-electron chi connectivity index (χ3n) is 4.64. The van der Waals surface area contributed by atoms with Gasteiger partial charge in [-0.15, -0.1) is 0 Å². The minimum atomic E-state index is 0.739. The first-order chi connectivity index (χ1) is 8.27. The molecule has 0 aromatic heterocycles. The van der Waals surface area contributed by atoms with Crippen LogP contribution in [0.15, 0.2) is 0 Å². The molecule has 0 aromatic carbocycles. The zero-order valence-corrected chi connectivity index (χ0v) is 11.8. The summed E-state index contributed by atoms with van der Waals surface area (Å²) in [6, 6.07) is 1.63. The Morgan fingerprint density at radius 2 is 1.29 bits per heavy atom. The molecule has 0 saturated carbocycles. The molecule has 0 spiro atoms. The van der Waals surface area contributed by atoms with Gasteiger partial charge in [-0.1, -0.05) is 19.3 Å². The molecule has 2 nitrogen and oxygen atoms in total. The molecule has 0 bridgehead atoms. The van der Waals surface area contributed by atoms with Gasteiger partial charge in [-0.3, -0.25) is 0 Å². The van der Waals surface area contributed by atoms with Gasteiger partial charge in [0.2, 0.25) is 0 Å². The average molecular weight is 238 g/mol. The Balaban J connectivity index is 1.78. The van der Waals surface area contributed by atoms with Crippen molar-refractivity contribution in [2.24, 2.45) is 0 Å². The van der Waals surface area contributed by atoms with E-state index >= 15 is 0 Å². The lowest BCUT2D eigenvalue weighted by molar-refractivity contribution is 0.0865. The Labute approximate surface area is 107 Å². The summed E-state index contributed by atoms with van der Waals surface area (Å²) in [5, 5.41) is 0. The highest BCUT2D eigenvalue weighted by Gasteiger charge is 2.25. The summed E-state index contributed by atoms with van der Waals surface area (Å²) in [4.78, 5) is 5.44. The highest BCUT2D eigenvalue weighted by atomic mass is 15.2. The second-order valence-electron chi connectivity index (χ2n) is 6.16. The zero-order valence-electron chi connectivity index (χ0n) is 11.8. The molecule has 0 radical (unpaired) electrons. The second kappa shape index (κ2) is 6.75. The van der Waals surface area contributed by atoms with E-state index in [1.54, 1.807) is 0 Å². The number of piperidine rings is 1. The van der Waals surface area contributed by atoms with E-state index in [-0.39, 0.29) is 0 Å². The van der Waals surface area contributed by atoms with E-state index in [0.29, 0.717) is 0 Å². The van der Waals surface area contributed by atoms with E-state index in [4.69, 9.17) is 0 Å². The number of nitrogens with zero attached hydrogens (tertiary/aromatic N) is 2. The molecular formula is C15H30N2.